The first-order valence-corrected chi connectivity index (χ1v) is 10.7. The van der Waals surface area contributed by atoms with E-state index in [0.717, 1.165) is 10.4 Å². The van der Waals surface area contributed by atoms with Gasteiger partial charge in [0.1, 0.15) is 6.61 Å². The third-order valence-electron chi connectivity index (χ3n) is 4.51. The number of fused-ring (bicyclic) bond motifs is 1. The summed E-state index contributed by atoms with van der Waals surface area (Å²) in [6, 6.07) is 12.8. The van der Waals surface area contributed by atoms with Crippen LogP contribution < -0.4 is 14.9 Å². The Labute approximate surface area is 175 Å². The number of carbonyl (C=O) groups excluding carboxylic acids is 1. The Hall–Kier alpha value is -3.03. The lowest BCUT2D eigenvalue weighted by molar-refractivity contribution is -0.138. The van der Waals surface area contributed by atoms with Gasteiger partial charge in [0.25, 0.3) is 5.56 Å². The van der Waals surface area contributed by atoms with Crippen molar-refractivity contribution in [2.24, 2.45) is 4.99 Å². The predicted molar refractivity (Wildman–Crippen MR) is 116 cm³/mol. The number of hydrogen-bond donors (Lipinski definition) is 0. The highest BCUT2D eigenvalue weighted by Gasteiger charge is 2.33. The van der Waals surface area contributed by atoms with E-state index in [0.29, 0.717) is 20.6 Å². The Kier molecular flexibility index (Phi) is 5.42. The smallest absolute Gasteiger partial charge is 0.338 e. The number of allylic oxidation sites excluding steroid dienone is 1. The molecule has 1 aromatic carbocycles. The topological polar surface area (TPSA) is 60.7 Å². The van der Waals surface area contributed by atoms with Gasteiger partial charge in [0, 0.05) is 4.88 Å². The summed E-state index contributed by atoms with van der Waals surface area (Å²) in [4.78, 5) is 32.3. The van der Waals surface area contributed by atoms with Gasteiger partial charge in [-0.2, -0.15) is 0 Å². The van der Waals surface area contributed by atoms with E-state index in [4.69, 9.17) is 4.74 Å². The first-order valence-electron chi connectivity index (χ1n) is 8.99. The van der Waals surface area contributed by atoms with Crippen LogP contribution in [0.5, 0.6) is 0 Å². The van der Waals surface area contributed by atoms with Crippen LogP contribution in [-0.2, 0) is 9.53 Å². The summed E-state index contributed by atoms with van der Waals surface area (Å²) in [6.45, 7) is 5.46. The summed E-state index contributed by atoms with van der Waals surface area (Å²) in [5, 5.41) is 1.97. The summed E-state index contributed by atoms with van der Waals surface area (Å²) in [7, 11) is 0. The highest BCUT2D eigenvalue weighted by molar-refractivity contribution is 7.11. The molecule has 0 bridgehead atoms. The summed E-state index contributed by atoms with van der Waals surface area (Å²) >= 11 is 2.89. The molecule has 1 aliphatic heterocycles. The molecule has 1 aliphatic rings. The zero-order valence-corrected chi connectivity index (χ0v) is 17.3. The standard InChI is InChI=1S/C22H18N2O3S2/c1-3-11-27-21(26)18-14(2)23-22-24(19(18)15-8-5-4-6-9-15)20(25)17(29-22)13-16-10-7-12-28-16/h3-10,12-13,19H,1,11H2,2H3/b17-13-/t19-/m1/s1. The lowest BCUT2D eigenvalue weighted by atomic mass is 9.96. The molecule has 0 unspecified atom stereocenters. The van der Waals surface area contributed by atoms with Crippen molar-refractivity contribution in [1.82, 2.24) is 4.57 Å². The summed E-state index contributed by atoms with van der Waals surface area (Å²) in [5.74, 6) is -0.493. The van der Waals surface area contributed by atoms with Crippen molar-refractivity contribution in [2.45, 2.75) is 13.0 Å². The second-order valence-corrected chi connectivity index (χ2v) is 8.38. The molecule has 7 heteroatoms. The largest absolute Gasteiger partial charge is 0.458 e. The van der Waals surface area contributed by atoms with Gasteiger partial charge in [0.2, 0.25) is 0 Å². The maximum atomic E-state index is 13.3. The number of carbonyl (C=O) groups is 1. The van der Waals surface area contributed by atoms with Crippen LogP contribution in [-0.4, -0.2) is 17.1 Å². The molecule has 0 fully saturated rings. The second kappa shape index (κ2) is 8.14. The van der Waals surface area contributed by atoms with Crippen molar-refractivity contribution >= 4 is 34.7 Å². The van der Waals surface area contributed by atoms with Crippen LogP contribution in [0.2, 0.25) is 0 Å². The van der Waals surface area contributed by atoms with Gasteiger partial charge in [-0.1, -0.05) is 60.4 Å². The third kappa shape index (κ3) is 3.66. The number of aromatic nitrogens is 1. The van der Waals surface area contributed by atoms with Gasteiger partial charge in [0.15, 0.2) is 4.80 Å². The number of thiophene rings is 1. The van der Waals surface area contributed by atoms with Crippen molar-refractivity contribution in [1.29, 1.82) is 0 Å². The summed E-state index contributed by atoms with van der Waals surface area (Å²) < 4.78 is 7.48. The fourth-order valence-corrected chi connectivity index (χ4v) is 5.02. The molecular formula is C22H18N2O3S2. The lowest BCUT2D eigenvalue weighted by Gasteiger charge is -2.24. The van der Waals surface area contributed by atoms with Gasteiger partial charge in [0.05, 0.1) is 21.8 Å². The molecule has 0 amide bonds. The molecule has 2 aromatic heterocycles. The Morgan fingerprint density at radius 3 is 2.76 bits per heavy atom. The number of rotatable bonds is 5. The number of benzene rings is 1. The average molecular weight is 423 g/mol. The van der Waals surface area contributed by atoms with Gasteiger partial charge < -0.3 is 4.74 Å². The Morgan fingerprint density at radius 1 is 1.28 bits per heavy atom. The monoisotopic (exact) mass is 422 g/mol. The fourth-order valence-electron chi connectivity index (χ4n) is 3.25. The van der Waals surface area contributed by atoms with Gasteiger partial charge in [-0.3, -0.25) is 9.36 Å². The number of ether oxygens (including phenoxy) is 1. The highest BCUT2D eigenvalue weighted by atomic mass is 32.1. The molecule has 5 nitrogen and oxygen atoms in total. The summed E-state index contributed by atoms with van der Waals surface area (Å²) in [6.07, 6.45) is 3.38. The molecule has 0 N–H and O–H groups in total. The van der Waals surface area contributed by atoms with Crippen molar-refractivity contribution in [3.8, 4) is 0 Å². The zero-order chi connectivity index (χ0) is 20.4. The molecular weight excluding hydrogens is 404 g/mol. The van der Waals surface area contributed by atoms with Gasteiger partial charge in [-0.25, -0.2) is 9.79 Å². The predicted octanol–water partition coefficient (Wildman–Crippen LogP) is 3.03. The number of esters is 1. The fraction of sp³-hybridized carbons (Fsp3) is 0.136. The van der Waals surface area contributed by atoms with Crippen LogP contribution in [0.15, 0.2) is 81.6 Å². The molecule has 146 valence electrons. The third-order valence-corrected chi connectivity index (χ3v) is 6.31. The molecule has 29 heavy (non-hydrogen) atoms. The molecule has 4 rings (SSSR count). The van der Waals surface area contributed by atoms with Crippen LogP contribution in [0.4, 0.5) is 0 Å². The lowest BCUT2D eigenvalue weighted by Crippen LogP contribution is -2.39. The van der Waals surface area contributed by atoms with Crippen LogP contribution in [0.3, 0.4) is 0 Å². The minimum Gasteiger partial charge on any atom is -0.458 e. The van der Waals surface area contributed by atoms with Crippen molar-refractivity contribution in [3.05, 3.63) is 102 Å². The van der Waals surface area contributed by atoms with E-state index >= 15 is 0 Å². The Balaban J connectivity index is 1.94. The number of hydrogen-bond acceptors (Lipinski definition) is 6. The molecule has 0 aliphatic carbocycles. The quantitative estimate of drug-likeness (QED) is 0.469. The molecule has 0 radical (unpaired) electrons. The van der Waals surface area contributed by atoms with Gasteiger partial charge in [-0.05, 0) is 30.0 Å². The maximum absolute atomic E-state index is 13.3. The zero-order valence-electron chi connectivity index (χ0n) is 15.7. The van der Waals surface area contributed by atoms with Crippen molar-refractivity contribution < 1.29 is 9.53 Å². The first-order chi connectivity index (χ1) is 14.1. The Bertz CT molecular complexity index is 1270. The van der Waals surface area contributed by atoms with Crippen LogP contribution >= 0.6 is 22.7 Å². The minimum absolute atomic E-state index is 0.0971. The number of thiazole rings is 1. The molecule has 0 saturated heterocycles. The SMILES string of the molecule is C=CCOC(=O)C1=C(C)N=c2s/c(=C\c3cccs3)c(=O)n2[C@@H]1c1ccccc1. The van der Waals surface area contributed by atoms with Crippen molar-refractivity contribution in [2.75, 3.05) is 6.61 Å². The minimum atomic E-state index is -0.588. The molecule has 0 spiro atoms. The van der Waals surface area contributed by atoms with Crippen LogP contribution in [0, 0.1) is 0 Å². The molecule has 3 heterocycles. The highest BCUT2D eigenvalue weighted by Crippen LogP contribution is 2.30. The average Bonchev–Trinajstić information content (AvgIpc) is 3.34. The summed E-state index contributed by atoms with van der Waals surface area (Å²) in [5.41, 5.74) is 1.58. The number of nitrogens with zero attached hydrogens (tertiary/aromatic N) is 2. The molecule has 1 atom stereocenters. The van der Waals surface area contributed by atoms with Crippen molar-refractivity contribution in [3.63, 3.8) is 0 Å². The van der Waals surface area contributed by atoms with E-state index in [1.807, 2.05) is 53.9 Å². The first kappa shape index (κ1) is 19.3. The van der Waals surface area contributed by atoms with Crippen LogP contribution in [0.1, 0.15) is 23.4 Å². The second-order valence-electron chi connectivity index (χ2n) is 6.40. The van der Waals surface area contributed by atoms with E-state index < -0.39 is 12.0 Å². The Morgan fingerprint density at radius 2 is 2.07 bits per heavy atom. The van der Waals surface area contributed by atoms with E-state index in [1.54, 1.807) is 22.8 Å². The van der Waals surface area contributed by atoms with E-state index in [-0.39, 0.29) is 12.2 Å². The van der Waals surface area contributed by atoms with Gasteiger partial charge >= 0.3 is 5.97 Å². The molecule has 3 aromatic rings. The van der Waals surface area contributed by atoms with Crippen LogP contribution in [0.25, 0.3) is 6.08 Å². The molecule has 0 saturated carbocycles. The normalized spacial score (nSPS) is 16.3. The van der Waals surface area contributed by atoms with Gasteiger partial charge in [-0.15, -0.1) is 11.3 Å². The van der Waals surface area contributed by atoms with E-state index in [9.17, 15) is 9.59 Å². The van der Waals surface area contributed by atoms with E-state index in [2.05, 4.69) is 11.6 Å². The van der Waals surface area contributed by atoms with E-state index in [1.165, 1.54) is 17.4 Å². The maximum Gasteiger partial charge on any atom is 0.338 e.